The molecule has 136 valence electrons. The van der Waals surface area contributed by atoms with Gasteiger partial charge in [-0.1, -0.05) is 6.92 Å². The molecule has 1 unspecified atom stereocenters. The van der Waals surface area contributed by atoms with Gasteiger partial charge in [-0.3, -0.25) is 9.89 Å². The maximum absolute atomic E-state index is 12.8. The highest BCUT2D eigenvalue weighted by Gasteiger charge is 2.41. The molecule has 2 rings (SSSR count). The van der Waals surface area contributed by atoms with E-state index < -0.39 is 12.2 Å². The van der Waals surface area contributed by atoms with Gasteiger partial charge in [0.2, 0.25) is 0 Å². The monoisotopic (exact) mass is 363 g/mol. The topological polar surface area (TPSA) is 43.8 Å². The van der Waals surface area contributed by atoms with Gasteiger partial charge in [0.25, 0.3) is 0 Å². The van der Waals surface area contributed by atoms with E-state index >= 15 is 0 Å². The van der Waals surface area contributed by atoms with Gasteiger partial charge >= 0.3 is 6.18 Å². The van der Waals surface area contributed by atoms with Crippen LogP contribution in [0.4, 0.5) is 13.2 Å². The number of thiazole rings is 1. The number of aromatic nitrogens is 1. The third-order valence-electron chi connectivity index (χ3n) is 4.18. The second-order valence-corrected chi connectivity index (χ2v) is 6.67. The van der Waals surface area contributed by atoms with E-state index in [0.717, 1.165) is 17.1 Å². The highest BCUT2D eigenvalue weighted by molar-refractivity contribution is 7.09. The van der Waals surface area contributed by atoms with Crippen molar-refractivity contribution in [3.8, 4) is 0 Å². The van der Waals surface area contributed by atoms with E-state index in [9.17, 15) is 13.2 Å². The first-order chi connectivity index (χ1) is 11.3. The Morgan fingerprint density at radius 3 is 2.54 bits per heavy atom. The molecule has 0 radical (unpaired) electrons. The van der Waals surface area contributed by atoms with E-state index in [1.54, 1.807) is 18.4 Å². The summed E-state index contributed by atoms with van der Waals surface area (Å²) in [5.41, 5.74) is 0.960. The van der Waals surface area contributed by atoms with E-state index in [-0.39, 0.29) is 0 Å². The van der Waals surface area contributed by atoms with Gasteiger partial charge in [-0.2, -0.15) is 13.2 Å². The highest BCUT2D eigenvalue weighted by Crippen LogP contribution is 2.25. The lowest BCUT2D eigenvalue weighted by Crippen LogP contribution is -2.56. The summed E-state index contributed by atoms with van der Waals surface area (Å²) in [7, 11) is 1.69. The minimum absolute atomic E-state index is 0.373. The molecule has 0 amide bonds. The first-order valence-corrected chi connectivity index (χ1v) is 8.92. The van der Waals surface area contributed by atoms with Crippen molar-refractivity contribution in [2.75, 3.05) is 33.2 Å². The molecule has 1 aromatic heterocycles. The van der Waals surface area contributed by atoms with Crippen molar-refractivity contribution in [3.05, 3.63) is 16.1 Å². The number of aryl methyl sites for hydroxylation is 1. The Hall–Kier alpha value is -1.35. The molecule has 1 N–H and O–H groups in total. The Labute approximate surface area is 144 Å². The van der Waals surface area contributed by atoms with E-state index in [1.807, 2.05) is 10.3 Å². The summed E-state index contributed by atoms with van der Waals surface area (Å²) in [6, 6.07) is -1.41. The Balaban J connectivity index is 1.85. The molecule has 2 heterocycles. The summed E-state index contributed by atoms with van der Waals surface area (Å²) < 4.78 is 38.4. The fraction of sp³-hybridized carbons (Fsp3) is 0.733. The normalized spacial score (nSPS) is 18.8. The first kappa shape index (κ1) is 19.0. The van der Waals surface area contributed by atoms with E-state index in [0.29, 0.717) is 38.7 Å². The van der Waals surface area contributed by atoms with Crippen LogP contribution in [0.2, 0.25) is 0 Å². The van der Waals surface area contributed by atoms with Crippen LogP contribution in [0.1, 0.15) is 24.5 Å². The predicted molar refractivity (Wildman–Crippen MR) is 90.4 cm³/mol. The first-order valence-electron chi connectivity index (χ1n) is 8.04. The molecular weight excluding hydrogens is 339 g/mol. The minimum Gasteiger partial charge on any atom is -0.351 e. The molecular formula is C15H24F3N5S. The molecule has 1 saturated heterocycles. The number of nitrogens with one attached hydrogen (secondary N) is 1. The molecule has 5 nitrogen and oxygen atoms in total. The molecule has 0 aliphatic carbocycles. The van der Waals surface area contributed by atoms with E-state index in [1.165, 1.54) is 11.8 Å². The van der Waals surface area contributed by atoms with Gasteiger partial charge in [0, 0.05) is 38.6 Å². The number of hydrogen-bond donors (Lipinski definition) is 1. The number of nitrogens with zero attached hydrogens (tertiary/aromatic N) is 4. The van der Waals surface area contributed by atoms with Crippen molar-refractivity contribution >= 4 is 17.3 Å². The lowest BCUT2D eigenvalue weighted by Gasteiger charge is -2.39. The van der Waals surface area contributed by atoms with Crippen molar-refractivity contribution in [3.63, 3.8) is 0 Å². The fourth-order valence-electron chi connectivity index (χ4n) is 2.62. The van der Waals surface area contributed by atoms with Gasteiger partial charge in [0.1, 0.15) is 6.04 Å². The quantitative estimate of drug-likeness (QED) is 0.659. The molecule has 24 heavy (non-hydrogen) atoms. The second kappa shape index (κ2) is 8.15. The number of piperazine rings is 1. The second-order valence-electron chi connectivity index (χ2n) is 5.73. The van der Waals surface area contributed by atoms with Crippen molar-refractivity contribution in [2.45, 2.75) is 39.0 Å². The van der Waals surface area contributed by atoms with Gasteiger partial charge in [-0.25, -0.2) is 4.98 Å². The van der Waals surface area contributed by atoms with Crippen LogP contribution in [-0.2, 0) is 13.0 Å². The molecule has 1 aromatic rings. The molecule has 1 atom stereocenters. The van der Waals surface area contributed by atoms with Crippen LogP contribution in [0, 0.1) is 0 Å². The zero-order chi connectivity index (χ0) is 17.7. The molecule has 0 spiro atoms. The summed E-state index contributed by atoms with van der Waals surface area (Å²) in [5.74, 6) is 0.709. The van der Waals surface area contributed by atoms with Crippen LogP contribution in [0.15, 0.2) is 10.4 Å². The molecule has 1 fully saturated rings. The summed E-state index contributed by atoms with van der Waals surface area (Å²) in [5, 5.41) is 6.36. The zero-order valence-electron chi connectivity index (χ0n) is 14.2. The van der Waals surface area contributed by atoms with Crippen LogP contribution in [0.25, 0.3) is 0 Å². The van der Waals surface area contributed by atoms with Crippen LogP contribution in [-0.4, -0.2) is 66.2 Å². The zero-order valence-corrected chi connectivity index (χ0v) is 15.0. The number of rotatable bonds is 4. The molecule has 0 aromatic carbocycles. The number of hydrogen-bond acceptors (Lipinski definition) is 4. The minimum atomic E-state index is -4.18. The van der Waals surface area contributed by atoms with E-state index in [2.05, 4.69) is 22.2 Å². The average molecular weight is 363 g/mol. The Morgan fingerprint density at radius 2 is 2.04 bits per heavy atom. The molecule has 1 aliphatic heterocycles. The maximum atomic E-state index is 12.8. The van der Waals surface area contributed by atoms with Gasteiger partial charge in [0.05, 0.1) is 17.2 Å². The van der Waals surface area contributed by atoms with Gasteiger partial charge in [-0.05, 0) is 13.3 Å². The Bertz CT molecular complexity index is 550. The molecule has 9 heteroatoms. The Morgan fingerprint density at radius 1 is 1.38 bits per heavy atom. The van der Waals surface area contributed by atoms with Crippen LogP contribution < -0.4 is 5.32 Å². The third kappa shape index (κ3) is 4.83. The average Bonchev–Trinajstić information content (AvgIpc) is 3.02. The Kier molecular flexibility index (Phi) is 6.45. The van der Waals surface area contributed by atoms with Crippen molar-refractivity contribution in [2.24, 2.45) is 4.99 Å². The fourth-order valence-corrected chi connectivity index (χ4v) is 3.37. The van der Waals surface area contributed by atoms with Crippen molar-refractivity contribution < 1.29 is 13.2 Å². The van der Waals surface area contributed by atoms with Gasteiger partial charge in [0.15, 0.2) is 5.96 Å². The lowest BCUT2D eigenvalue weighted by molar-refractivity contribution is -0.181. The third-order valence-corrected chi connectivity index (χ3v) is 5.22. The number of guanidine groups is 1. The van der Waals surface area contributed by atoms with Gasteiger partial charge < -0.3 is 10.2 Å². The number of halogens is 3. The summed E-state index contributed by atoms with van der Waals surface area (Å²) in [4.78, 5) is 12.2. The summed E-state index contributed by atoms with van der Waals surface area (Å²) in [6.45, 7) is 5.65. The standard InChI is InChI=1S/C15H24F3N5S/c1-4-13-21-12(10-24-13)9-20-14(19-3)23-7-5-22(6-8-23)11(2)15(16,17)18/h10-11H,4-9H2,1-3H3,(H,19,20). The lowest BCUT2D eigenvalue weighted by atomic mass is 10.2. The van der Waals surface area contributed by atoms with Gasteiger partial charge in [-0.15, -0.1) is 11.3 Å². The van der Waals surface area contributed by atoms with Crippen LogP contribution in [0.3, 0.4) is 0 Å². The van der Waals surface area contributed by atoms with Crippen molar-refractivity contribution in [1.29, 1.82) is 0 Å². The highest BCUT2D eigenvalue weighted by atomic mass is 32.1. The smallest absolute Gasteiger partial charge is 0.351 e. The maximum Gasteiger partial charge on any atom is 0.403 e. The summed E-state index contributed by atoms with van der Waals surface area (Å²) >= 11 is 1.63. The van der Waals surface area contributed by atoms with Crippen LogP contribution in [0.5, 0.6) is 0 Å². The molecule has 0 saturated carbocycles. The van der Waals surface area contributed by atoms with Crippen LogP contribution >= 0.6 is 11.3 Å². The summed E-state index contributed by atoms with van der Waals surface area (Å²) in [6.07, 6.45) is -3.26. The largest absolute Gasteiger partial charge is 0.403 e. The molecule has 0 bridgehead atoms. The number of alkyl halides is 3. The van der Waals surface area contributed by atoms with Crippen molar-refractivity contribution in [1.82, 2.24) is 20.1 Å². The number of aliphatic imine (C=N–C) groups is 1. The SMILES string of the molecule is CCc1nc(CNC(=NC)N2CCN(C(C)C(F)(F)F)CC2)cs1. The predicted octanol–water partition coefficient (Wildman–Crippen LogP) is 2.35. The van der Waals surface area contributed by atoms with E-state index in [4.69, 9.17) is 0 Å². The molecule has 1 aliphatic rings.